The average Bonchev–Trinajstić information content (AvgIpc) is 2.15. The number of carbonyl (C=O) groups excluding carboxylic acids is 1. The molecule has 0 aromatic heterocycles. The summed E-state index contributed by atoms with van der Waals surface area (Å²) < 4.78 is 5.55. The molecule has 76 valence electrons. The highest BCUT2D eigenvalue weighted by Gasteiger charge is 2.32. The van der Waals surface area contributed by atoms with Gasteiger partial charge in [0.05, 0.1) is 6.42 Å². The molecule has 0 aliphatic rings. The minimum Gasteiger partial charge on any atom is -0.519 e. The van der Waals surface area contributed by atoms with Crippen molar-refractivity contribution in [1.82, 2.24) is 0 Å². The maximum absolute atomic E-state index is 11.3. The quantitative estimate of drug-likeness (QED) is 0.486. The van der Waals surface area contributed by atoms with Gasteiger partial charge in [0.1, 0.15) is 0 Å². The smallest absolute Gasteiger partial charge is 0.296 e. The second-order valence-corrected chi connectivity index (χ2v) is 7.90. The van der Waals surface area contributed by atoms with E-state index in [9.17, 15) is 4.79 Å². The molecule has 0 heterocycles. The Hall–Kier alpha value is -0.573. The Morgan fingerprint density at radius 1 is 1.31 bits per heavy atom. The molecule has 0 bridgehead atoms. The fourth-order valence-corrected chi connectivity index (χ4v) is 3.87. The Morgan fingerprint density at radius 3 is 2.08 bits per heavy atom. The summed E-state index contributed by atoms with van der Waals surface area (Å²) in [5.41, 5.74) is 0. The molecule has 0 unspecified atom stereocenters. The van der Waals surface area contributed by atoms with Gasteiger partial charge in [0.2, 0.25) is 0 Å². The van der Waals surface area contributed by atoms with Crippen molar-refractivity contribution >= 4 is 14.3 Å². The van der Waals surface area contributed by atoms with Crippen molar-refractivity contribution in [3.63, 3.8) is 0 Å². The van der Waals surface area contributed by atoms with Crippen LogP contribution in [0.3, 0.4) is 0 Å². The minimum atomic E-state index is -1.72. The van der Waals surface area contributed by atoms with E-state index in [1.165, 1.54) is 0 Å². The highest BCUT2D eigenvalue weighted by molar-refractivity contribution is 6.74. The monoisotopic (exact) mass is 200 g/mol. The van der Waals surface area contributed by atoms with Crippen LogP contribution in [-0.4, -0.2) is 14.3 Å². The Kier molecular flexibility index (Phi) is 5.71. The first kappa shape index (κ1) is 12.4. The average molecular weight is 200 g/mol. The van der Waals surface area contributed by atoms with E-state index in [4.69, 9.17) is 4.43 Å². The fourth-order valence-electron chi connectivity index (χ4n) is 1.37. The van der Waals surface area contributed by atoms with Crippen molar-refractivity contribution in [3.05, 3.63) is 12.7 Å². The summed E-state index contributed by atoms with van der Waals surface area (Å²) in [6.07, 6.45) is 1.94. The maximum Gasteiger partial charge on any atom is 0.296 e. The lowest BCUT2D eigenvalue weighted by molar-refractivity contribution is -0.134. The summed E-state index contributed by atoms with van der Waals surface area (Å²) in [5, 5.41) is 0. The zero-order chi connectivity index (χ0) is 10.3. The molecule has 0 radical (unpaired) electrons. The molecule has 0 amide bonds. The third-order valence-corrected chi connectivity index (χ3v) is 7.10. The van der Waals surface area contributed by atoms with Gasteiger partial charge < -0.3 is 4.43 Å². The molecule has 3 heteroatoms. The number of hydrogen-bond donors (Lipinski definition) is 0. The van der Waals surface area contributed by atoms with E-state index in [1.807, 2.05) is 0 Å². The van der Waals surface area contributed by atoms with E-state index < -0.39 is 8.32 Å². The summed E-state index contributed by atoms with van der Waals surface area (Å²) in [6.45, 7) is 9.86. The molecule has 0 saturated carbocycles. The van der Waals surface area contributed by atoms with Crippen LogP contribution in [0.1, 0.15) is 27.2 Å². The van der Waals surface area contributed by atoms with Gasteiger partial charge in [-0.05, 0) is 18.1 Å². The van der Waals surface area contributed by atoms with Gasteiger partial charge in [-0.1, -0.05) is 26.8 Å². The standard InChI is InChI=1S/C10H20O2Si/c1-5-9-10(11)12-13(6-2,7-3)8-4/h5H,1,6-9H2,2-4H3. The molecule has 0 aliphatic carbocycles. The zero-order valence-corrected chi connectivity index (χ0v) is 9.93. The topological polar surface area (TPSA) is 26.3 Å². The number of carbonyl (C=O) groups is 1. The molecule has 0 rings (SSSR count). The molecule has 0 spiro atoms. The number of hydrogen-bond acceptors (Lipinski definition) is 2. The largest absolute Gasteiger partial charge is 0.519 e. The Labute approximate surface area is 82.1 Å². The molecular formula is C10H20O2Si. The molecule has 0 atom stereocenters. The van der Waals surface area contributed by atoms with Crippen LogP contribution in [0.2, 0.25) is 18.1 Å². The molecule has 0 saturated heterocycles. The molecule has 0 aromatic carbocycles. The molecule has 13 heavy (non-hydrogen) atoms. The van der Waals surface area contributed by atoms with Crippen LogP contribution in [0.5, 0.6) is 0 Å². The lowest BCUT2D eigenvalue weighted by Crippen LogP contribution is -2.38. The van der Waals surface area contributed by atoms with Crippen LogP contribution >= 0.6 is 0 Å². The zero-order valence-electron chi connectivity index (χ0n) is 8.93. The normalized spacial score (nSPS) is 11.0. The lowest BCUT2D eigenvalue weighted by Gasteiger charge is -2.27. The van der Waals surface area contributed by atoms with E-state index >= 15 is 0 Å². The van der Waals surface area contributed by atoms with Crippen LogP contribution in [0.25, 0.3) is 0 Å². The van der Waals surface area contributed by atoms with Crippen LogP contribution in [0.4, 0.5) is 0 Å². The second-order valence-electron chi connectivity index (χ2n) is 3.21. The van der Waals surface area contributed by atoms with Crippen LogP contribution < -0.4 is 0 Å². The van der Waals surface area contributed by atoms with Gasteiger partial charge in [0.25, 0.3) is 14.3 Å². The van der Waals surface area contributed by atoms with Crippen molar-refractivity contribution in [1.29, 1.82) is 0 Å². The summed E-state index contributed by atoms with van der Waals surface area (Å²) in [4.78, 5) is 11.3. The highest BCUT2D eigenvalue weighted by Crippen LogP contribution is 2.22. The van der Waals surface area contributed by atoms with Crippen LogP contribution in [0, 0.1) is 0 Å². The maximum atomic E-state index is 11.3. The van der Waals surface area contributed by atoms with Gasteiger partial charge in [0.15, 0.2) is 0 Å². The van der Waals surface area contributed by atoms with E-state index in [-0.39, 0.29) is 5.97 Å². The number of rotatable bonds is 6. The van der Waals surface area contributed by atoms with Crippen LogP contribution in [-0.2, 0) is 9.22 Å². The predicted octanol–water partition coefficient (Wildman–Crippen LogP) is 3.11. The first-order valence-corrected chi connectivity index (χ1v) is 7.49. The molecule has 0 aliphatic heterocycles. The summed E-state index contributed by atoms with van der Waals surface area (Å²) in [7, 11) is -1.72. The van der Waals surface area contributed by atoms with Crippen molar-refractivity contribution in [2.24, 2.45) is 0 Å². The lowest BCUT2D eigenvalue weighted by atomic mass is 10.4. The van der Waals surface area contributed by atoms with E-state index in [1.54, 1.807) is 6.08 Å². The van der Waals surface area contributed by atoms with Crippen molar-refractivity contribution in [2.45, 2.75) is 45.3 Å². The van der Waals surface area contributed by atoms with Crippen molar-refractivity contribution < 1.29 is 9.22 Å². The third kappa shape index (κ3) is 3.76. The molecule has 2 nitrogen and oxygen atoms in total. The minimum absolute atomic E-state index is 0.104. The van der Waals surface area contributed by atoms with E-state index in [2.05, 4.69) is 27.4 Å². The van der Waals surface area contributed by atoms with E-state index in [0.29, 0.717) is 6.42 Å². The molecule has 0 N–H and O–H groups in total. The second kappa shape index (κ2) is 5.97. The van der Waals surface area contributed by atoms with Gasteiger partial charge in [-0.25, -0.2) is 0 Å². The van der Waals surface area contributed by atoms with E-state index in [0.717, 1.165) is 18.1 Å². The summed E-state index contributed by atoms with van der Waals surface area (Å²) in [6, 6.07) is 3.05. The first-order chi connectivity index (χ1) is 6.14. The van der Waals surface area contributed by atoms with Crippen molar-refractivity contribution in [3.8, 4) is 0 Å². The van der Waals surface area contributed by atoms with Crippen molar-refractivity contribution in [2.75, 3.05) is 0 Å². The predicted molar refractivity (Wildman–Crippen MR) is 58.1 cm³/mol. The molecule has 0 aromatic rings. The fraction of sp³-hybridized carbons (Fsp3) is 0.700. The highest BCUT2D eigenvalue weighted by atomic mass is 28.4. The van der Waals surface area contributed by atoms with Gasteiger partial charge in [-0.15, -0.1) is 6.58 Å². The third-order valence-electron chi connectivity index (χ3n) is 2.57. The Bertz CT molecular complexity index is 165. The Morgan fingerprint density at radius 2 is 1.77 bits per heavy atom. The molecular weight excluding hydrogens is 180 g/mol. The first-order valence-electron chi connectivity index (χ1n) is 4.96. The summed E-state index contributed by atoms with van der Waals surface area (Å²) >= 11 is 0. The molecule has 0 fully saturated rings. The van der Waals surface area contributed by atoms with Gasteiger partial charge in [0, 0.05) is 0 Å². The van der Waals surface area contributed by atoms with Gasteiger partial charge >= 0.3 is 0 Å². The van der Waals surface area contributed by atoms with Gasteiger partial charge in [-0.2, -0.15) is 0 Å². The SMILES string of the molecule is C=CCC(=O)O[Si](CC)(CC)CC. The van der Waals surface area contributed by atoms with Crippen LogP contribution in [0.15, 0.2) is 12.7 Å². The van der Waals surface area contributed by atoms with Gasteiger partial charge in [-0.3, -0.25) is 4.79 Å². The Balaban J connectivity index is 4.23. The summed E-state index contributed by atoms with van der Waals surface area (Å²) in [5.74, 6) is -0.104.